The van der Waals surface area contributed by atoms with Gasteiger partial charge in [0.15, 0.2) is 5.82 Å². The minimum Gasteiger partial charge on any atom is -0.385 e. The van der Waals surface area contributed by atoms with Crippen LogP contribution in [0.3, 0.4) is 0 Å². The van der Waals surface area contributed by atoms with Gasteiger partial charge in [-0.05, 0) is 23.4 Å². The van der Waals surface area contributed by atoms with Gasteiger partial charge in [-0.3, -0.25) is 0 Å². The Balaban J connectivity index is 2.01. The number of thiophene rings is 1. The van der Waals surface area contributed by atoms with Crippen molar-refractivity contribution in [3.63, 3.8) is 0 Å². The Morgan fingerprint density at radius 2 is 2.21 bits per heavy atom. The second kappa shape index (κ2) is 4.88. The van der Waals surface area contributed by atoms with Gasteiger partial charge in [-0.2, -0.15) is 0 Å². The van der Waals surface area contributed by atoms with Crippen molar-refractivity contribution in [3.8, 4) is 0 Å². The van der Waals surface area contributed by atoms with E-state index in [2.05, 4.69) is 15.5 Å². The Kier molecular flexibility index (Phi) is 3.22. The molecular formula is C12H11ClN4OS. The van der Waals surface area contributed by atoms with Gasteiger partial charge in [-0.15, -0.1) is 16.4 Å². The van der Waals surface area contributed by atoms with Crippen molar-refractivity contribution in [3.05, 3.63) is 40.0 Å². The smallest absolute Gasteiger partial charge is 0.180 e. The van der Waals surface area contributed by atoms with E-state index in [1.165, 1.54) is 0 Å². The van der Waals surface area contributed by atoms with E-state index in [4.69, 9.17) is 11.6 Å². The van der Waals surface area contributed by atoms with Crippen LogP contribution in [0.2, 0.25) is 5.02 Å². The van der Waals surface area contributed by atoms with Crippen molar-refractivity contribution in [2.24, 2.45) is 0 Å². The van der Waals surface area contributed by atoms with E-state index in [0.717, 1.165) is 20.0 Å². The molecule has 7 heteroatoms. The molecular weight excluding hydrogens is 284 g/mol. The molecule has 0 aliphatic carbocycles. The van der Waals surface area contributed by atoms with Gasteiger partial charge in [0.25, 0.3) is 0 Å². The van der Waals surface area contributed by atoms with Gasteiger partial charge in [-0.25, -0.2) is 4.68 Å². The number of halogens is 1. The Bertz CT molecular complexity index is 721. The van der Waals surface area contributed by atoms with Gasteiger partial charge in [0, 0.05) is 15.0 Å². The van der Waals surface area contributed by atoms with Crippen LogP contribution in [0, 0.1) is 0 Å². The van der Waals surface area contributed by atoms with Crippen molar-refractivity contribution >= 4 is 33.0 Å². The van der Waals surface area contributed by atoms with Crippen molar-refractivity contribution in [1.82, 2.24) is 20.2 Å². The van der Waals surface area contributed by atoms with E-state index in [0.29, 0.717) is 12.4 Å². The molecule has 1 aromatic carbocycles. The first kappa shape index (κ1) is 12.5. The molecule has 5 nitrogen and oxygen atoms in total. The minimum absolute atomic E-state index is 0.438. The predicted molar refractivity (Wildman–Crippen MR) is 74.4 cm³/mol. The molecule has 1 atom stereocenters. The number of rotatable bonds is 3. The van der Waals surface area contributed by atoms with Crippen molar-refractivity contribution < 1.29 is 5.11 Å². The van der Waals surface area contributed by atoms with Crippen LogP contribution in [0.4, 0.5) is 0 Å². The fraction of sp³-hybridized carbons (Fsp3) is 0.250. The van der Waals surface area contributed by atoms with Crippen LogP contribution in [0.25, 0.3) is 10.1 Å². The highest BCUT2D eigenvalue weighted by Crippen LogP contribution is 2.35. The second-order valence-electron chi connectivity index (χ2n) is 4.21. The van der Waals surface area contributed by atoms with Gasteiger partial charge >= 0.3 is 0 Å². The summed E-state index contributed by atoms with van der Waals surface area (Å²) in [5, 5.41) is 22.6. The monoisotopic (exact) mass is 294 g/mol. The van der Waals surface area contributed by atoms with E-state index in [1.807, 2.05) is 24.3 Å². The molecule has 0 aliphatic heterocycles. The summed E-state index contributed by atoms with van der Waals surface area (Å²) < 4.78 is 2.70. The van der Waals surface area contributed by atoms with Crippen molar-refractivity contribution in [2.45, 2.75) is 19.6 Å². The molecule has 1 N–H and O–H groups in total. The summed E-state index contributed by atoms with van der Waals surface area (Å²) in [6.07, 6.45) is -0.705. The largest absolute Gasteiger partial charge is 0.385 e. The van der Waals surface area contributed by atoms with Crippen LogP contribution in [0.5, 0.6) is 0 Å². The van der Waals surface area contributed by atoms with Gasteiger partial charge in [0.2, 0.25) is 0 Å². The molecule has 3 aromatic rings. The summed E-state index contributed by atoms with van der Waals surface area (Å²) in [5.74, 6) is 0.438. The Morgan fingerprint density at radius 1 is 1.42 bits per heavy atom. The molecule has 0 radical (unpaired) electrons. The van der Waals surface area contributed by atoms with Crippen LogP contribution in [0.1, 0.15) is 23.7 Å². The van der Waals surface area contributed by atoms with Crippen LogP contribution < -0.4 is 0 Å². The Hall–Kier alpha value is -1.50. The van der Waals surface area contributed by atoms with Gasteiger partial charge in [-0.1, -0.05) is 29.8 Å². The van der Waals surface area contributed by atoms with Crippen LogP contribution >= 0.6 is 22.9 Å². The molecule has 2 heterocycles. The minimum atomic E-state index is -0.705. The zero-order chi connectivity index (χ0) is 13.4. The molecule has 0 saturated heterocycles. The van der Waals surface area contributed by atoms with Gasteiger partial charge in [0.1, 0.15) is 6.10 Å². The maximum absolute atomic E-state index is 9.59. The van der Waals surface area contributed by atoms with Crippen molar-refractivity contribution in [1.29, 1.82) is 0 Å². The number of fused-ring (bicyclic) bond motifs is 1. The molecule has 1 unspecified atom stereocenters. The first-order chi connectivity index (χ1) is 9.16. The van der Waals surface area contributed by atoms with Crippen LogP contribution in [-0.4, -0.2) is 25.3 Å². The number of tetrazole rings is 1. The topological polar surface area (TPSA) is 63.8 Å². The molecule has 98 valence electrons. The molecule has 0 aliphatic rings. The average molecular weight is 295 g/mol. The number of aliphatic hydroxyl groups excluding tert-OH is 1. The first-order valence-electron chi connectivity index (χ1n) is 5.77. The van der Waals surface area contributed by atoms with E-state index in [9.17, 15) is 5.11 Å². The third kappa shape index (κ3) is 2.22. The van der Waals surface area contributed by atoms with E-state index in [1.54, 1.807) is 22.9 Å². The normalized spacial score (nSPS) is 13.0. The highest BCUT2D eigenvalue weighted by atomic mass is 35.5. The summed E-state index contributed by atoms with van der Waals surface area (Å²) in [6, 6.07) is 7.97. The lowest BCUT2D eigenvalue weighted by Crippen LogP contribution is -2.08. The summed E-state index contributed by atoms with van der Waals surface area (Å²) in [6.45, 7) is 2.10. The summed E-state index contributed by atoms with van der Waals surface area (Å²) in [5.41, 5.74) is 0. The lowest BCUT2D eigenvalue weighted by molar-refractivity contribution is 0.182. The van der Waals surface area contributed by atoms with Crippen LogP contribution in [0.15, 0.2) is 24.3 Å². The molecule has 0 saturated carbocycles. The number of aliphatic hydroxyl groups is 1. The Morgan fingerprint density at radius 3 is 2.95 bits per heavy atom. The number of nitrogens with zero attached hydrogens (tertiary/aromatic N) is 4. The lowest BCUT2D eigenvalue weighted by Gasteiger charge is -2.05. The first-order valence-corrected chi connectivity index (χ1v) is 6.96. The SMILES string of the molecule is CC(O)c1nnnn1Cc1sc2ccccc2c1Cl. The molecule has 0 fully saturated rings. The molecule has 0 spiro atoms. The van der Waals surface area contributed by atoms with Gasteiger partial charge < -0.3 is 5.11 Å². The summed E-state index contributed by atoms with van der Waals surface area (Å²) in [7, 11) is 0. The Labute approximate surface area is 118 Å². The van der Waals surface area contributed by atoms with Crippen molar-refractivity contribution in [2.75, 3.05) is 0 Å². The molecule has 19 heavy (non-hydrogen) atoms. The molecule has 0 amide bonds. The second-order valence-corrected chi connectivity index (χ2v) is 5.72. The third-order valence-corrected chi connectivity index (χ3v) is 4.53. The average Bonchev–Trinajstić information content (AvgIpc) is 2.97. The standard InChI is InChI=1S/C12H11ClN4OS/c1-7(18)12-14-15-16-17(12)6-10-11(13)8-4-2-3-5-9(8)19-10/h2-5,7,18H,6H2,1H3. The molecule has 2 aromatic heterocycles. The zero-order valence-electron chi connectivity index (χ0n) is 10.1. The van der Waals surface area contributed by atoms with Gasteiger partial charge in [0.05, 0.1) is 11.6 Å². The maximum Gasteiger partial charge on any atom is 0.180 e. The number of hydrogen-bond acceptors (Lipinski definition) is 5. The third-order valence-electron chi connectivity index (χ3n) is 2.83. The fourth-order valence-corrected chi connectivity index (χ4v) is 3.40. The summed E-state index contributed by atoms with van der Waals surface area (Å²) >= 11 is 7.98. The predicted octanol–water partition coefficient (Wildman–Crippen LogP) is 2.64. The number of hydrogen-bond donors (Lipinski definition) is 1. The van der Waals surface area contributed by atoms with E-state index in [-0.39, 0.29) is 0 Å². The zero-order valence-corrected chi connectivity index (χ0v) is 11.7. The number of aromatic nitrogens is 4. The highest BCUT2D eigenvalue weighted by molar-refractivity contribution is 7.19. The molecule has 0 bridgehead atoms. The lowest BCUT2D eigenvalue weighted by atomic mass is 10.2. The number of benzene rings is 1. The van der Waals surface area contributed by atoms with Crippen LogP contribution in [-0.2, 0) is 6.54 Å². The highest BCUT2D eigenvalue weighted by Gasteiger charge is 2.15. The summed E-state index contributed by atoms with van der Waals surface area (Å²) in [4.78, 5) is 0.983. The van der Waals surface area contributed by atoms with E-state index >= 15 is 0 Å². The maximum atomic E-state index is 9.59. The molecule has 3 rings (SSSR count). The quantitative estimate of drug-likeness (QED) is 0.806. The van der Waals surface area contributed by atoms with E-state index < -0.39 is 6.10 Å². The fourth-order valence-electron chi connectivity index (χ4n) is 1.93.